The number of fused-ring (bicyclic) bond motifs is 4. The summed E-state index contributed by atoms with van der Waals surface area (Å²) < 4.78 is 44.5. The Kier molecular flexibility index (Phi) is 5.52. The van der Waals surface area contributed by atoms with E-state index in [0.717, 1.165) is 44.2 Å². The highest BCUT2D eigenvalue weighted by atomic mass is 32.2. The smallest absolute Gasteiger partial charge is 0.213 e. The van der Waals surface area contributed by atoms with Crippen molar-refractivity contribution >= 4 is 10.0 Å². The summed E-state index contributed by atoms with van der Waals surface area (Å²) in [6.07, 6.45) is 9.15. The van der Waals surface area contributed by atoms with Gasteiger partial charge in [0.1, 0.15) is 18.6 Å². The van der Waals surface area contributed by atoms with Crippen LogP contribution >= 0.6 is 0 Å². The predicted molar refractivity (Wildman–Crippen MR) is 113 cm³/mol. The number of pyridine rings is 1. The van der Waals surface area contributed by atoms with Crippen LogP contribution in [0.4, 0.5) is 0 Å². The first-order valence-corrected chi connectivity index (χ1v) is 12.9. The van der Waals surface area contributed by atoms with E-state index in [-0.39, 0.29) is 18.8 Å². The predicted octanol–water partition coefficient (Wildman–Crippen LogP) is 3.04. The van der Waals surface area contributed by atoms with E-state index in [9.17, 15) is 8.42 Å². The minimum Gasteiger partial charge on any atom is -0.471 e. The van der Waals surface area contributed by atoms with Crippen LogP contribution < -0.4 is 9.46 Å². The zero-order chi connectivity index (χ0) is 21.5. The van der Waals surface area contributed by atoms with E-state index in [4.69, 9.17) is 23.9 Å². The molecule has 1 spiro atoms. The zero-order valence-electron chi connectivity index (χ0n) is 17.7. The van der Waals surface area contributed by atoms with Crippen LogP contribution in [0.2, 0.25) is 0 Å². The van der Waals surface area contributed by atoms with E-state index in [1.165, 1.54) is 6.26 Å². The second kappa shape index (κ2) is 8.18. The van der Waals surface area contributed by atoms with E-state index in [1.54, 1.807) is 6.26 Å². The number of ether oxygens (including phenoxy) is 2. The van der Waals surface area contributed by atoms with Gasteiger partial charge in [-0.3, -0.25) is 0 Å². The average Bonchev–Trinajstić information content (AvgIpc) is 3.38. The van der Waals surface area contributed by atoms with Gasteiger partial charge in [-0.2, -0.15) is 0 Å². The van der Waals surface area contributed by atoms with Crippen molar-refractivity contribution in [2.75, 3.05) is 12.9 Å². The number of oxazole rings is 1. The Morgan fingerprint density at radius 1 is 1.13 bits per heavy atom. The van der Waals surface area contributed by atoms with Crippen LogP contribution in [0, 0.1) is 0 Å². The number of hydrogen-bond acceptors (Lipinski definition) is 7. The van der Waals surface area contributed by atoms with Gasteiger partial charge in [0.25, 0.3) is 0 Å². The molecule has 2 aliphatic heterocycles. The van der Waals surface area contributed by atoms with Crippen LogP contribution in [0.1, 0.15) is 68.1 Å². The minimum atomic E-state index is -3.28. The molecule has 9 heteroatoms. The molecule has 0 unspecified atom stereocenters. The maximum atomic E-state index is 11.8. The summed E-state index contributed by atoms with van der Waals surface area (Å²) in [5.74, 6) is 1.63. The second-order valence-electron chi connectivity index (χ2n) is 9.23. The molecule has 0 saturated heterocycles. The van der Waals surface area contributed by atoms with Crippen LogP contribution in [-0.4, -0.2) is 43.4 Å². The first kappa shape index (κ1) is 20.9. The third kappa shape index (κ3) is 4.63. The van der Waals surface area contributed by atoms with Gasteiger partial charge >= 0.3 is 0 Å². The molecule has 8 nitrogen and oxygen atoms in total. The monoisotopic (exact) mass is 447 g/mol. The van der Waals surface area contributed by atoms with Gasteiger partial charge in [-0.25, -0.2) is 23.1 Å². The largest absolute Gasteiger partial charge is 0.471 e. The SMILES string of the molecule is CS(=O)(=O)N[C@H]1CC[C@@]2(COC3CCC(CC3)c3cccc(n3)OCc3coc2n3)C1. The van der Waals surface area contributed by atoms with E-state index < -0.39 is 15.4 Å². The molecule has 1 N–H and O–H groups in total. The van der Waals surface area contributed by atoms with Gasteiger partial charge in [0.15, 0.2) is 0 Å². The van der Waals surface area contributed by atoms with Gasteiger partial charge in [0, 0.05) is 23.7 Å². The molecule has 0 aromatic carbocycles. The molecule has 4 aliphatic rings. The molecule has 2 aliphatic carbocycles. The van der Waals surface area contributed by atoms with Crippen molar-refractivity contribution in [3.63, 3.8) is 0 Å². The minimum absolute atomic E-state index is 0.145. The van der Waals surface area contributed by atoms with Gasteiger partial charge < -0.3 is 13.9 Å². The maximum Gasteiger partial charge on any atom is 0.213 e. The lowest BCUT2D eigenvalue weighted by atomic mass is 9.84. The second-order valence-corrected chi connectivity index (χ2v) is 11.0. The highest BCUT2D eigenvalue weighted by molar-refractivity contribution is 7.88. The summed E-state index contributed by atoms with van der Waals surface area (Å²) in [6, 6.07) is 5.80. The molecular formula is C22H29N3O5S. The molecule has 2 aromatic rings. The fourth-order valence-electron chi connectivity index (χ4n) is 5.22. The maximum absolute atomic E-state index is 11.8. The summed E-state index contributed by atoms with van der Waals surface area (Å²) in [5, 5.41) is 0. The normalized spacial score (nSPS) is 31.2. The Labute approximate surface area is 182 Å². The Morgan fingerprint density at radius 3 is 2.77 bits per heavy atom. The molecule has 2 atom stereocenters. The third-order valence-electron chi connectivity index (χ3n) is 6.80. The fraction of sp³-hybridized carbons (Fsp3) is 0.636. The lowest BCUT2D eigenvalue weighted by Crippen LogP contribution is -2.37. The summed E-state index contributed by atoms with van der Waals surface area (Å²) in [5.41, 5.74) is 1.33. The number of rotatable bonds is 2. The van der Waals surface area contributed by atoms with Crippen molar-refractivity contribution in [1.82, 2.24) is 14.7 Å². The highest BCUT2D eigenvalue weighted by Gasteiger charge is 2.46. The Morgan fingerprint density at radius 2 is 1.97 bits per heavy atom. The van der Waals surface area contributed by atoms with Gasteiger partial charge in [0.05, 0.1) is 24.4 Å². The van der Waals surface area contributed by atoms with Crippen LogP contribution in [0.25, 0.3) is 0 Å². The van der Waals surface area contributed by atoms with E-state index in [0.29, 0.717) is 36.4 Å². The van der Waals surface area contributed by atoms with Crippen molar-refractivity contribution in [3.8, 4) is 5.88 Å². The van der Waals surface area contributed by atoms with Crippen LogP contribution in [0.15, 0.2) is 28.9 Å². The van der Waals surface area contributed by atoms with Crippen molar-refractivity contribution in [2.45, 2.75) is 75.0 Å². The summed E-state index contributed by atoms with van der Waals surface area (Å²) in [6.45, 7) is 0.756. The molecule has 0 amide bonds. The first-order chi connectivity index (χ1) is 14.9. The van der Waals surface area contributed by atoms with Gasteiger partial charge in [-0.1, -0.05) is 6.07 Å². The van der Waals surface area contributed by atoms with Crippen LogP contribution in [0.5, 0.6) is 5.88 Å². The molecule has 31 heavy (non-hydrogen) atoms. The average molecular weight is 448 g/mol. The fourth-order valence-corrected chi connectivity index (χ4v) is 6.03. The van der Waals surface area contributed by atoms with Crippen molar-refractivity contribution in [2.24, 2.45) is 0 Å². The number of hydrogen-bond donors (Lipinski definition) is 1. The van der Waals surface area contributed by atoms with E-state index in [1.807, 2.05) is 12.1 Å². The van der Waals surface area contributed by atoms with Crippen LogP contribution in [-0.2, 0) is 26.8 Å². The summed E-state index contributed by atoms with van der Waals surface area (Å²) in [4.78, 5) is 9.42. The first-order valence-electron chi connectivity index (χ1n) is 11.0. The standard InChI is InChI=1S/C22H29N3O5S/c1-31(26,27)25-16-9-10-22(11-16)14-30-18-7-5-15(6-8-18)19-3-2-4-20(24-19)28-12-17-13-29-21(22)23-17/h2-4,13,15-16,18,25H,5-12,14H2,1H3/t15?,16-,18?,22-/m0/s1. The van der Waals surface area contributed by atoms with Crippen molar-refractivity contribution in [1.29, 1.82) is 0 Å². The van der Waals surface area contributed by atoms with Gasteiger partial charge in [-0.15, -0.1) is 0 Å². The van der Waals surface area contributed by atoms with Gasteiger partial charge in [-0.05, 0) is 51.0 Å². The van der Waals surface area contributed by atoms with Crippen molar-refractivity contribution in [3.05, 3.63) is 41.7 Å². The lowest BCUT2D eigenvalue weighted by Gasteiger charge is -2.32. The topological polar surface area (TPSA) is 104 Å². The van der Waals surface area contributed by atoms with Crippen LogP contribution in [0.3, 0.4) is 0 Å². The quantitative estimate of drug-likeness (QED) is 0.755. The molecule has 6 rings (SSSR count). The molecule has 2 saturated carbocycles. The Bertz CT molecular complexity index is 1030. The number of aromatic nitrogens is 2. The summed E-state index contributed by atoms with van der Waals surface area (Å²) in [7, 11) is -3.28. The number of sulfonamides is 1. The summed E-state index contributed by atoms with van der Waals surface area (Å²) >= 11 is 0. The molecule has 4 heterocycles. The Balaban J connectivity index is 1.43. The molecule has 6 bridgehead atoms. The third-order valence-corrected chi connectivity index (χ3v) is 7.56. The van der Waals surface area contributed by atoms with Gasteiger partial charge in [0.2, 0.25) is 21.8 Å². The highest BCUT2D eigenvalue weighted by Crippen LogP contribution is 2.43. The lowest BCUT2D eigenvalue weighted by molar-refractivity contribution is -0.0102. The zero-order valence-corrected chi connectivity index (χ0v) is 18.6. The molecule has 0 radical (unpaired) electrons. The van der Waals surface area contributed by atoms with Crippen molar-refractivity contribution < 1.29 is 22.3 Å². The number of nitrogens with one attached hydrogen (secondary N) is 1. The molecule has 2 aromatic heterocycles. The van der Waals surface area contributed by atoms with E-state index in [2.05, 4.69) is 10.8 Å². The van der Waals surface area contributed by atoms with E-state index >= 15 is 0 Å². The number of nitrogens with zero attached hydrogens (tertiary/aromatic N) is 2. The molecular weight excluding hydrogens is 418 g/mol. The Hall–Kier alpha value is -1.97. The molecule has 2 fully saturated rings. The molecule has 168 valence electrons.